The Labute approximate surface area is 128 Å². The molecule has 0 bridgehead atoms. The average molecular weight is 306 g/mol. The van der Waals surface area contributed by atoms with Gasteiger partial charge in [-0.15, -0.1) is 0 Å². The minimum atomic E-state index is -0.457. The number of hydrogen-bond donors (Lipinski definition) is 1. The van der Waals surface area contributed by atoms with Crippen LogP contribution in [-0.4, -0.2) is 13.1 Å². The average Bonchev–Trinajstić information content (AvgIpc) is 2.47. The van der Waals surface area contributed by atoms with E-state index in [-0.39, 0.29) is 6.61 Å². The Morgan fingerprint density at radius 1 is 1.24 bits per heavy atom. The Morgan fingerprint density at radius 2 is 2.00 bits per heavy atom. The maximum Gasteiger partial charge on any atom is 0.338 e. The second kappa shape index (κ2) is 6.50. The lowest BCUT2D eigenvalue weighted by Crippen LogP contribution is -2.07. The first kappa shape index (κ1) is 15.2. The molecule has 0 aliphatic carbocycles. The largest absolute Gasteiger partial charge is 0.496 e. The van der Waals surface area contributed by atoms with Gasteiger partial charge in [-0.3, -0.25) is 0 Å². The molecule has 0 heterocycles. The van der Waals surface area contributed by atoms with Crippen LogP contribution in [-0.2, 0) is 11.3 Å². The Bertz CT molecular complexity index is 671. The number of nitrogen functional groups attached to an aromatic ring is 1. The van der Waals surface area contributed by atoms with Gasteiger partial charge in [-0.25, -0.2) is 4.79 Å². The van der Waals surface area contributed by atoms with Crippen LogP contribution in [0.3, 0.4) is 0 Å². The van der Waals surface area contributed by atoms with E-state index in [4.69, 9.17) is 26.8 Å². The number of benzene rings is 2. The molecule has 0 unspecified atom stereocenters. The van der Waals surface area contributed by atoms with Crippen LogP contribution in [0.5, 0.6) is 5.75 Å². The molecule has 0 fully saturated rings. The van der Waals surface area contributed by atoms with E-state index in [0.717, 1.165) is 11.1 Å². The first-order valence-corrected chi connectivity index (χ1v) is 6.74. The standard InChI is InChI=1S/C16H16ClNO3/c1-10-3-6-15(20-2)12(7-10)9-21-16(19)11-4-5-13(17)14(18)8-11/h3-8H,9,18H2,1-2H3. The number of nitrogens with two attached hydrogens (primary N) is 1. The number of hydrogen-bond acceptors (Lipinski definition) is 4. The summed E-state index contributed by atoms with van der Waals surface area (Å²) >= 11 is 5.82. The first-order valence-electron chi connectivity index (χ1n) is 6.37. The molecular weight excluding hydrogens is 290 g/mol. The second-order valence-electron chi connectivity index (χ2n) is 4.63. The zero-order chi connectivity index (χ0) is 15.4. The molecule has 0 atom stereocenters. The summed E-state index contributed by atoms with van der Waals surface area (Å²) in [6.45, 7) is 2.09. The molecule has 21 heavy (non-hydrogen) atoms. The normalized spacial score (nSPS) is 10.2. The van der Waals surface area contributed by atoms with Gasteiger partial charge >= 0.3 is 5.97 Å². The van der Waals surface area contributed by atoms with E-state index < -0.39 is 5.97 Å². The SMILES string of the molecule is COc1ccc(C)cc1COC(=O)c1ccc(Cl)c(N)c1. The molecule has 0 amide bonds. The number of halogens is 1. The molecule has 2 N–H and O–H groups in total. The van der Waals surface area contributed by atoms with Gasteiger partial charge in [0.1, 0.15) is 12.4 Å². The minimum Gasteiger partial charge on any atom is -0.496 e. The van der Waals surface area contributed by atoms with Crippen molar-refractivity contribution in [2.75, 3.05) is 12.8 Å². The van der Waals surface area contributed by atoms with Crippen molar-refractivity contribution in [3.05, 3.63) is 58.1 Å². The molecule has 4 nitrogen and oxygen atoms in total. The van der Waals surface area contributed by atoms with Gasteiger partial charge in [0.05, 0.1) is 23.4 Å². The fraction of sp³-hybridized carbons (Fsp3) is 0.188. The van der Waals surface area contributed by atoms with Crippen LogP contribution < -0.4 is 10.5 Å². The zero-order valence-corrected chi connectivity index (χ0v) is 12.6. The van der Waals surface area contributed by atoms with Gasteiger partial charge in [0, 0.05) is 5.56 Å². The molecule has 2 aromatic carbocycles. The highest BCUT2D eigenvalue weighted by Crippen LogP contribution is 2.22. The van der Waals surface area contributed by atoms with Gasteiger partial charge in [-0.05, 0) is 37.3 Å². The lowest BCUT2D eigenvalue weighted by Gasteiger charge is -2.10. The fourth-order valence-corrected chi connectivity index (χ4v) is 2.04. The van der Waals surface area contributed by atoms with Crippen LogP contribution in [0.15, 0.2) is 36.4 Å². The third-order valence-corrected chi connectivity index (χ3v) is 3.37. The predicted octanol–water partition coefficient (Wildman–Crippen LogP) is 3.60. The summed E-state index contributed by atoms with van der Waals surface area (Å²) in [5.41, 5.74) is 8.26. The molecular formula is C16H16ClNO3. The van der Waals surface area contributed by atoms with Gasteiger partial charge in [0.25, 0.3) is 0 Å². The summed E-state index contributed by atoms with van der Waals surface area (Å²) in [7, 11) is 1.58. The highest BCUT2D eigenvalue weighted by Gasteiger charge is 2.11. The van der Waals surface area contributed by atoms with Crippen molar-refractivity contribution in [1.82, 2.24) is 0 Å². The van der Waals surface area contributed by atoms with E-state index in [1.165, 1.54) is 6.07 Å². The van der Waals surface area contributed by atoms with Crippen molar-refractivity contribution in [3.63, 3.8) is 0 Å². The highest BCUT2D eigenvalue weighted by molar-refractivity contribution is 6.33. The Hall–Kier alpha value is -2.20. The third-order valence-electron chi connectivity index (χ3n) is 3.03. The number of esters is 1. The lowest BCUT2D eigenvalue weighted by molar-refractivity contribution is 0.0470. The topological polar surface area (TPSA) is 61.5 Å². The maximum absolute atomic E-state index is 12.0. The number of aryl methyl sites for hydroxylation is 1. The smallest absolute Gasteiger partial charge is 0.338 e. The maximum atomic E-state index is 12.0. The van der Waals surface area contributed by atoms with Crippen molar-refractivity contribution in [2.45, 2.75) is 13.5 Å². The summed E-state index contributed by atoms with van der Waals surface area (Å²) in [5, 5.41) is 0.409. The molecule has 0 aliphatic rings. The molecule has 0 saturated carbocycles. The van der Waals surface area contributed by atoms with Gasteiger partial charge in [0.2, 0.25) is 0 Å². The minimum absolute atomic E-state index is 0.131. The highest BCUT2D eigenvalue weighted by atomic mass is 35.5. The zero-order valence-electron chi connectivity index (χ0n) is 11.9. The predicted molar refractivity (Wildman–Crippen MR) is 82.7 cm³/mol. The van der Waals surface area contributed by atoms with E-state index in [2.05, 4.69) is 0 Å². The molecule has 2 rings (SSSR count). The van der Waals surface area contributed by atoms with Gasteiger partial charge in [-0.2, -0.15) is 0 Å². The fourth-order valence-electron chi connectivity index (χ4n) is 1.92. The van der Waals surface area contributed by atoms with Crippen molar-refractivity contribution < 1.29 is 14.3 Å². The molecule has 2 aromatic rings. The number of rotatable bonds is 4. The van der Waals surface area contributed by atoms with Crippen LogP contribution in [0.25, 0.3) is 0 Å². The molecule has 0 aliphatic heterocycles. The Balaban J connectivity index is 2.10. The van der Waals surface area contributed by atoms with Crippen molar-refractivity contribution in [3.8, 4) is 5.75 Å². The summed E-state index contributed by atoms with van der Waals surface area (Å²) < 4.78 is 10.5. The molecule has 0 spiro atoms. The van der Waals surface area contributed by atoms with E-state index in [1.54, 1.807) is 19.2 Å². The molecule has 5 heteroatoms. The lowest BCUT2D eigenvalue weighted by atomic mass is 10.1. The second-order valence-corrected chi connectivity index (χ2v) is 5.03. The van der Waals surface area contributed by atoms with E-state index in [9.17, 15) is 4.79 Å². The van der Waals surface area contributed by atoms with Crippen LogP contribution in [0, 0.1) is 6.92 Å². The van der Waals surface area contributed by atoms with Crippen molar-refractivity contribution in [2.24, 2.45) is 0 Å². The van der Waals surface area contributed by atoms with E-state index in [1.807, 2.05) is 25.1 Å². The number of carbonyl (C=O) groups excluding carboxylic acids is 1. The van der Waals surface area contributed by atoms with Crippen molar-refractivity contribution >= 4 is 23.3 Å². The van der Waals surface area contributed by atoms with Gasteiger partial charge in [0.15, 0.2) is 0 Å². The van der Waals surface area contributed by atoms with E-state index in [0.29, 0.717) is 22.0 Å². The van der Waals surface area contributed by atoms with Crippen LogP contribution in [0.1, 0.15) is 21.5 Å². The summed E-state index contributed by atoms with van der Waals surface area (Å²) in [5.74, 6) is 0.228. The number of anilines is 1. The summed E-state index contributed by atoms with van der Waals surface area (Å²) in [6, 6.07) is 10.3. The molecule has 0 radical (unpaired) electrons. The summed E-state index contributed by atoms with van der Waals surface area (Å²) in [6.07, 6.45) is 0. The van der Waals surface area contributed by atoms with Crippen LogP contribution >= 0.6 is 11.6 Å². The first-order chi connectivity index (χ1) is 10.0. The van der Waals surface area contributed by atoms with Crippen LogP contribution in [0.4, 0.5) is 5.69 Å². The van der Waals surface area contributed by atoms with Gasteiger partial charge < -0.3 is 15.2 Å². The van der Waals surface area contributed by atoms with Gasteiger partial charge in [-0.1, -0.05) is 23.2 Å². The third kappa shape index (κ3) is 3.67. The number of carbonyl (C=O) groups is 1. The van der Waals surface area contributed by atoms with E-state index >= 15 is 0 Å². The molecule has 0 aromatic heterocycles. The molecule has 110 valence electrons. The number of ether oxygens (including phenoxy) is 2. The Kier molecular flexibility index (Phi) is 4.70. The summed E-state index contributed by atoms with van der Waals surface area (Å²) in [4.78, 5) is 12.0. The van der Waals surface area contributed by atoms with Crippen LogP contribution in [0.2, 0.25) is 5.02 Å². The number of methoxy groups -OCH3 is 1. The Morgan fingerprint density at radius 3 is 2.67 bits per heavy atom. The quantitative estimate of drug-likeness (QED) is 0.692. The monoisotopic (exact) mass is 305 g/mol. The van der Waals surface area contributed by atoms with Crippen molar-refractivity contribution in [1.29, 1.82) is 0 Å². The molecule has 0 saturated heterocycles.